The molecule has 0 aliphatic heterocycles. The van der Waals surface area contributed by atoms with Crippen LogP contribution in [0.3, 0.4) is 0 Å². The van der Waals surface area contributed by atoms with Gasteiger partial charge < -0.3 is 4.74 Å². The Labute approximate surface area is 88.1 Å². The fourth-order valence-corrected chi connectivity index (χ4v) is 1.15. The van der Waals surface area contributed by atoms with Crippen LogP contribution in [0, 0.1) is 0 Å². The maximum atomic E-state index is 10.9. The van der Waals surface area contributed by atoms with Gasteiger partial charge in [0.05, 0.1) is 0 Å². The molecular weight excluding hydrogens is 200 g/mol. The molecule has 2 nitrogen and oxygen atoms in total. The van der Waals surface area contributed by atoms with Crippen molar-refractivity contribution in [3.8, 4) is 0 Å². The number of ether oxygens (including phenoxy) is 1. The van der Waals surface area contributed by atoms with Crippen molar-refractivity contribution in [1.82, 2.24) is 0 Å². The minimum absolute atomic E-state index is 0.280. The summed E-state index contributed by atoms with van der Waals surface area (Å²) in [4.78, 5) is 10.9. The van der Waals surface area contributed by atoms with Gasteiger partial charge >= 0.3 is 5.97 Å². The van der Waals surface area contributed by atoms with E-state index in [9.17, 15) is 4.79 Å². The van der Waals surface area contributed by atoms with Crippen molar-refractivity contribution in [3.63, 3.8) is 0 Å². The molecule has 1 unspecified atom stereocenters. The van der Waals surface area contributed by atoms with E-state index >= 15 is 0 Å². The van der Waals surface area contributed by atoms with E-state index in [1.165, 1.54) is 0 Å². The lowest BCUT2D eigenvalue weighted by molar-refractivity contribution is -0.142. The van der Waals surface area contributed by atoms with Crippen molar-refractivity contribution in [2.24, 2.45) is 0 Å². The highest BCUT2D eigenvalue weighted by Crippen LogP contribution is 2.19. The second-order valence-electron chi connectivity index (χ2n) is 2.83. The van der Waals surface area contributed by atoms with Crippen molar-refractivity contribution in [3.05, 3.63) is 47.5 Å². The summed E-state index contributed by atoms with van der Waals surface area (Å²) in [6.07, 6.45) is 0.865. The molecule has 14 heavy (non-hydrogen) atoms. The van der Waals surface area contributed by atoms with Gasteiger partial charge in [0.1, 0.15) is 6.10 Å². The van der Waals surface area contributed by atoms with Crippen LogP contribution in [0.2, 0.25) is 5.02 Å². The third-order valence-corrected chi connectivity index (χ3v) is 2.05. The van der Waals surface area contributed by atoms with E-state index in [1.807, 2.05) is 12.1 Å². The van der Waals surface area contributed by atoms with E-state index in [0.717, 1.165) is 11.6 Å². The second kappa shape index (κ2) is 4.82. The van der Waals surface area contributed by atoms with Gasteiger partial charge in [-0.25, -0.2) is 4.79 Å². The summed E-state index contributed by atoms with van der Waals surface area (Å²) in [5.41, 5.74) is 0.907. The summed E-state index contributed by atoms with van der Waals surface area (Å²) in [5.74, 6) is -0.424. The van der Waals surface area contributed by atoms with Gasteiger partial charge in [-0.2, -0.15) is 0 Å². The van der Waals surface area contributed by atoms with Crippen molar-refractivity contribution < 1.29 is 9.53 Å². The van der Waals surface area contributed by atoms with Crippen molar-refractivity contribution >= 4 is 17.6 Å². The van der Waals surface area contributed by atoms with E-state index in [0.29, 0.717) is 5.02 Å². The molecule has 0 spiro atoms. The quantitative estimate of drug-likeness (QED) is 0.566. The Bertz CT molecular complexity index is 330. The van der Waals surface area contributed by atoms with Gasteiger partial charge in [-0.15, -0.1) is 0 Å². The lowest BCUT2D eigenvalue weighted by Gasteiger charge is -2.11. The maximum absolute atomic E-state index is 10.9. The minimum Gasteiger partial charge on any atom is -0.455 e. The zero-order chi connectivity index (χ0) is 10.6. The predicted octanol–water partition coefficient (Wildman–Crippen LogP) is 3.13. The molecule has 0 heterocycles. The standard InChI is InChI=1S/C11H11ClO2/c1-3-11(13)14-8(2)9-4-6-10(12)7-5-9/h3-8H,1H2,2H3. The van der Waals surface area contributed by atoms with Crippen LogP contribution in [-0.2, 0) is 9.53 Å². The Hall–Kier alpha value is -1.28. The van der Waals surface area contributed by atoms with Crippen molar-refractivity contribution in [2.75, 3.05) is 0 Å². The Morgan fingerprint density at radius 1 is 1.50 bits per heavy atom. The Morgan fingerprint density at radius 3 is 2.57 bits per heavy atom. The molecule has 3 heteroatoms. The van der Waals surface area contributed by atoms with Crippen molar-refractivity contribution in [2.45, 2.75) is 13.0 Å². The summed E-state index contributed by atoms with van der Waals surface area (Å²) < 4.78 is 5.03. The number of hydrogen-bond donors (Lipinski definition) is 0. The average molecular weight is 211 g/mol. The molecule has 0 fully saturated rings. The monoisotopic (exact) mass is 210 g/mol. The zero-order valence-electron chi connectivity index (χ0n) is 7.87. The lowest BCUT2D eigenvalue weighted by Crippen LogP contribution is -2.05. The van der Waals surface area contributed by atoms with Crippen LogP contribution in [0.4, 0.5) is 0 Å². The molecule has 0 bridgehead atoms. The fraction of sp³-hybridized carbons (Fsp3) is 0.182. The third kappa shape index (κ3) is 2.89. The third-order valence-electron chi connectivity index (χ3n) is 1.80. The first-order valence-electron chi connectivity index (χ1n) is 4.22. The average Bonchev–Trinajstić information content (AvgIpc) is 2.18. The molecular formula is C11H11ClO2. The van der Waals surface area contributed by atoms with Crippen LogP contribution < -0.4 is 0 Å². The van der Waals surface area contributed by atoms with Crippen LogP contribution in [0.1, 0.15) is 18.6 Å². The first kappa shape index (κ1) is 10.8. The minimum atomic E-state index is -0.424. The predicted molar refractivity (Wildman–Crippen MR) is 56.2 cm³/mol. The first-order valence-corrected chi connectivity index (χ1v) is 4.60. The summed E-state index contributed by atoms with van der Waals surface area (Å²) in [5, 5.41) is 0.663. The normalized spacial score (nSPS) is 11.9. The van der Waals surface area contributed by atoms with Gasteiger partial charge in [0.2, 0.25) is 0 Å². The Morgan fingerprint density at radius 2 is 2.07 bits per heavy atom. The van der Waals surface area contributed by atoms with E-state index in [1.54, 1.807) is 19.1 Å². The van der Waals surface area contributed by atoms with Crippen LogP contribution in [0.5, 0.6) is 0 Å². The number of hydrogen-bond acceptors (Lipinski definition) is 2. The molecule has 0 aliphatic rings. The number of benzene rings is 1. The van der Waals surface area contributed by atoms with Crippen molar-refractivity contribution in [1.29, 1.82) is 0 Å². The lowest BCUT2D eigenvalue weighted by atomic mass is 10.1. The van der Waals surface area contributed by atoms with Gasteiger partial charge in [0.25, 0.3) is 0 Å². The maximum Gasteiger partial charge on any atom is 0.330 e. The van der Waals surface area contributed by atoms with E-state index in [2.05, 4.69) is 6.58 Å². The fourth-order valence-electron chi connectivity index (χ4n) is 1.02. The summed E-state index contributed by atoms with van der Waals surface area (Å²) in [6.45, 7) is 5.12. The second-order valence-corrected chi connectivity index (χ2v) is 3.27. The van der Waals surface area contributed by atoms with E-state index in [4.69, 9.17) is 16.3 Å². The molecule has 0 saturated carbocycles. The van der Waals surface area contributed by atoms with Crippen LogP contribution >= 0.6 is 11.6 Å². The van der Waals surface area contributed by atoms with Gasteiger partial charge in [0, 0.05) is 11.1 Å². The van der Waals surface area contributed by atoms with Crippen LogP contribution in [0.25, 0.3) is 0 Å². The molecule has 0 aliphatic carbocycles. The SMILES string of the molecule is C=CC(=O)OC(C)c1ccc(Cl)cc1. The van der Waals surface area contributed by atoms with Gasteiger partial charge in [-0.1, -0.05) is 30.3 Å². The highest BCUT2D eigenvalue weighted by molar-refractivity contribution is 6.30. The Kier molecular flexibility index (Phi) is 3.72. The van der Waals surface area contributed by atoms with Crippen LogP contribution in [0.15, 0.2) is 36.9 Å². The summed E-state index contributed by atoms with van der Waals surface area (Å²) in [6, 6.07) is 7.16. The molecule has 74 valence electrons. The molecule has 1 rings (SSSR count). The smallest absolute Gasteiger partial charge is 0.330 e. The molecule has 1 aromatic carbocycles. The van der Waals surface area contributed by atoms with Gasteiger partial charge in [-0.3, -0.25) is 0 Å². The molecule has 1 atom stereocenters. The van der Waals surface area contributed by atoms with Gasteiger partial charge in [0.15, 0.2) is 0 Å². The molecule has 1 aromatic rings. The molecule has 0 radical (unpaired) electrons. The summed E-state index contributed by atoms with van der Waals surface area (Å²) >= 11 is 5.73. The number of halogens is 1. The topological polar surface area (TPSA) is 26.3 Å². The molecule has 0 amide bonds. The molecule has 0 N–H and O–H groups in total. The summed E-state index contributed by atoms with van der Waals surface area (Å²) in [7, 11) is 0. The number of esters is 1. The number of carbonyl (C=O) groups excluding carboxylic acids is 1. The zero-order valence-corrected chi connectivity index (χ0v) is 8.62. The Balaban J connectivity index is 2.69. The first-order chi connectivity index (χ1) is 6.63. The van der Waals surface area contributed by atoms with Crippen LogP contribution in [-0.4, -0.2) is 5.97 Å². The molecule has 0 aromatic heterocycles. The van der Waals surface area contributed by atoms with E-state index in [-0.39, 0.29) is 6.10 Å². The highest BCUT2D eigenvalue weighted by atomic mass is 35.5. The van der Waals surface area contributed by atoms with E-state index < -0.39 is 5.97 Å². The van der Waals surface area contributed by atoms with Gasteiger partial charge in [-0.05, 0) is 24.6 Å². The molecule has 0 saturated heterocycles. The number of carbonyl (C=O) groups is 1. The highest BCUT2D eigenvalue weighted by Gasteiger charge is 2.08. The number of rotatable bonds is 3. The largest absolute Gasteiger partial charge is 0.455 e.